The van der Waals surface area contributed by atoms with Gasteiger partial charge in [-0.1, -0.05) is 17.7 Å². The third-order valence-corrected chi connectivity index (χ3v) is 2.64. The van der Waals surface area contributed by atoms with Crippen LogP contribution in [0.1, 0.15) is 10.4 Å². The molecule has 2 aromatic rings. The lowest BCUT2D eigenvalue weighted by Gasteiger charge is -2.05. The second kappa shape index (κ2) is 5.96. The molecule has 2 aromatic carbocycles. The maximum atomic E-state index is 11.9. The molecule has 1 amide bonds. The van der Waals surface area contributed by atoms with Crippen molar-refractivity contribution in [1.82, 2.24) is 0 Å². The van der Waals surface area contributed by atoms with E-state index in [2.05, 4.69) is 10.3 Å². The summed E-state index contributed by atoms with van der Waals surface area (Å²) >= 11 is 5.75. The van der Waals surface area contributed by atoms with Gasteiger partial charge in [0.25, 0.3) is 5.91 Å². The van der Waals surface area contributed by atoms with Crippen LogP contribution in [0.2, 0.25) is 5.02 Å². The number of carbonyl (C=O) groups is 1. The van der Waals surface area contributed by atoms with Gasteiger partial charge in [-0.15, -0.1) is 0 Å². The standard InChI is InChI=1S/C14H9ClN2O2/c15-11-6-4-10(5-7-11)14(19)17-13-3-1-2-12(8-13)16-9-18/h1-8H,(H,17,19). The van der Waals surface area contributed by atoms with E-state index in [1.165, 1.54) is 6.08 Å². The van der Waals surface area contributed by atoms with Crippen molar-refractivity contribution in [3.8, 4) is 0 Å². The molecule has 0 atom stereocenters. The van der Waals surface area contributed by atoms with E-state index >= 15 is 0 Å². The molecule has 0 saturated heterocycles. The first kappa shape index (κ1) is 13.0. The Labute approximate surface area is 114 Å². The summed E-state index contributed by atoms with van der Waals surface area (Å²) in [5.74, 6) is -0.260. The fourth-order valence-electron chi connectivity index (χ4n) is 1.51. The number of isocyanates is 1. The number of hydrogen-bond acceptors (Lipinski definition) is 3. The maximum absolute atomic E-state index is 11.9. The van der Waals surface area contributed by atoms with Gasteiger partial charge in [0.2, 0.25) is 6.08 Å². The van der Waals surface area contributed by atoms with Crippen LogP contribution < -0.4 is 5.32 Å². The van der Waals surface area contributed by atoms with Crippen LogP contribution in [0.15, 0.2) is 53.5 Å². The number of amides is 1. The van der Waals surface area contributed by atoms with Gasteiger partial charge >= 0.3 is 0 Å². The monoisotopic (exact) mass is 272 g/mol. The van der Waals surface area contributed by atoms with Gasteiger partial charge in [-0.3, -0.25) is 4.79 Å². The molecule has 94 valence electrons. The molecule has 0 radical (unpaired) electrons. The molecule has 2 rings (SSSR count). The molecular formula is C14H9ClN2O2. The van der Waals surface area contributed by atoms with E-state index in [0.29, 0.717) is 22.0 Å². The molecule has 0 unspecified atom stereocenters. The average molecular weight is 273 g/mol. The number of halogens is 1. The Kier molecular flexibility index (Phi) is 4.08. The van der Waals surface area contributed by atoms with E-state index in [4.69, 9.17) is 11.6 Å². The first-order valence-electron chi connectivity index (χ1n) is 5.44. The third-order valence-electron chi connectivity index (χ3n) is 2.39. The highest BCUT2D eigenvalue weighted by molar-refractivity contribution is 6.30. The highest BCUT2D eigenvalue weighted by Gasteiger charge is 2.05. The van der Waals surface area contributed by atoms with E-state index in [1.807, 2.05) is 0 Å². The number of carbonyl (C=O) groups excluding carboxylic acids is 2. The summed E-state index contributed by atoms with van der Waals surface area (Å²) in [5, 5.41) is 3.27. The van der Waals surface area contributed by atoms with Gasteiger partial charge in [0.15, 0.2) is 0 Å². The Bertz CT molecular complexity index is 647. The largest absolute Gasteiger partial charge is 0.322 e. The first-order chi connectivity index (χ1) is 9.19. The van der Waals surface area contributed by atoms with Crippen LogP contribution >= 0.6 is 11.6 Å². The van der Waals surface area contributed by atoms with E-state index in [-0.39, 0.29) is 5.91 Å². The second-order valence-electron chi connectivity index (χ2n) is 3.71. The summed E-state index contributed by atoms with van der Waals surface area (Å²) < 4.78 is 0. The summed E-state index contributed by atoms with van der Waals surface area (Å²) in [6.07, 6.45) is 1.45. The van der Waals surface area contributed by atoms with Crippen LogP contribution in [0.5, 0.6) is 0 Å². The first-order valence-corrected chi connectivity index (χ1v) is 5.82. The molecule has 0 saturated carbocycles. The zero-order chi connectivity index (χ0) is 13.7. The molecule has 0 aliphatic heterocycles. The zero-order valence-electron chi connectivity index (χ0n) is 9.76. The molecule has 0 aliphatic rings. The fraction of sp³-hybridized carbons (Fsp3) is 0. The Morgan fingerprint density at radius 2 is 1.89 bits per heavy atom. The summed E-state index contributed by atoms with van der Waals surface area (Å²) in [4.78, 5) is 25.6. The lowest BCUT2D eigenvalue weighted by Crippen LogP contribution is -2.11. The average Bonchev–Trinajstić information content (AvgIpc) is 2.40. The maximum Gasteiger partial charge on any atom is 0.255 e. The Hall–Kier alpha value is -2.42. The molecule has 19 heavy (non-hydrogen) atoms. The predicted molar refractivity (Wildman–Crippen MR) is 73.6 cm³/mol. The van der Waals surface area contributed by atoms with E-state index in [9.17, 15) is 9.59 Å². The van der Waals surface area contributed by atoms with Crippen molar-refractivity contribution in [2.45, 2.75) is 0 Å². The summed E-state index contributed by atoms with van der Waals surface area (Å²) in [5.41, 5.74) is 1.48. The van der Waals surface area contributed by atoms with Crippen molar-refractivity contribution >= 4 is 35.0 Å². The second-order valence-corrected chi connectivity index (χ2v) is 4.15. The van der Waals surface area contributed by atoms with Crippen LogP contribution in [0.3, 0.4) is 0 Å². The van der Waals surface area contributed by atoms with Gasteiger partial charge in [-0.2, -0.15) is 4.99 Å². The molecule has 0 aromatic heterocycles. The molecule has 4 nitrogen and oxygen atoms in total. The molecule has 5 heteroatoms. The lowest BCUT2D eigenvalue weighted by atomic mass is 10.2. The van der Waals surface area contributed by atoms with Crippen LogP contribution in [-0.4, -0.2) is 12.0 Å². The highest BCUT2D eigenvalue weighted by atomic mass is 35.5. The molecule has 0 aliphatic carbocycles. The minimum absolute atomic E-state index is 0.260. The SMILES string of the molecule is O=C=Nc1cccc(NC(=O)c2ccc(Cl)cc2)c1. The number of anilines is 1. The number of aliphatic imine (C=N–C) groups is 1. The molecule has 0 heterocycles. The van der Waals surface area contributed by atoms with Gasteiger partial charge < -0.3 is 5.32 Å². The van der Waals surface area contributed by atoms with Crippen molar-refractivity contribution in [2.24, 2.45) is 4.99 Å². The Balaban J connectivity index is 2.16. The van der Waals surface area contributed by atoms with E-state index in [1.54, 1.807) is 48.5 Å². The van der Waals surface area contributed by atoms with Crippen molar-refractivity contribution in [3.63, 3.8) is 0 Å². The fourth-order valence-corrected chi connectivity index (χ4v) is 1.64. The molecule has 0 spiro atoms. The van der Waals surface area contributed by atoms with Gasteiger partial charge in [-0.25, -0.2) is 4.79 Å². The van der Waals surface area contributed by atoms with Gasteiger partial charge in [0.1, 0.15) is 0 Å². The van der Waals surface area contributed by atoms with Crippen molar-refractivity contribution in [2.75, 3.05) is 5.32 Å². The van der Waals surface area contributed by atoms with Crippen LogP contribution in [0.25, 0.3) is 0 Å². The smallest absolute Gasteiger partial charge is 0.255 e. The van der Waals surface area contributed by atoms with E-state index in [0.717, 1.165) is 0 Å². The highest BCUT2D eigenvalue weighted by Crippen LogP contribution is 2.18. The topological polar surface area (TPSA) is 58.5 Å². The number of hydrogen-bond donors (Lipinski definition) is 1. The quantitative estimate of drug-likeness (QED) is 0.686. The summed E-state index contributed by atoms with van der Waals surface area (Å²) in [6.45, 7) is 0. The Morgan fingerprint density at radius 1 is 1.16 bits per heavy atom. The van der Waals surface area contributed by atoms with Crippen LogP contribution in [0.4, 0.5) is 11.4 Å². The number of benzene rings is 2. The van der Waals surface area contributed by atoms with Crippen LogP contribution in [0, 0.1) is 0 Å². The summed E-state index contributed by atoms with van der Waals surface area (Å²) in [6, 6.07) is 13.2. The minimum Gasteiger partial charge on any atom is -0.322 e. The van der Waals surface area contributed by atoms with Crippen molar-refractivity contribution in [3.05, 3.63) is 59.1 Å². The predicted octanol–water partition coefficient (Wildman–Crippen LogP) is 3.56. The molecule has 0 fully saturated rings. The third kappa shape index (κ3) is 3.52. The molecule has 1 N–H and O–H groups in total. The molecule has 0 bridgehead atoms. The minimum atomic E-state index is -0.260. The van der Waals surface area contributed by atoms with Gasteiger partial charge in [0.05, 0.1) is 5.69 Å². The number of nitrogens with zero attached hydrogens (tertiary/aromatic N) is 1. The van der Waals surface area contributed by atoms with Crippen molar-refractivity contribution < 1.29 is 9.59 Å². The summed E-state index contributed by atoms with van der Waals surface area (Å²) in [7, 11) is 0. The molecular weight excluding hydrogens is 264 g/mol. The number of rotatable bonds is 3. The lowest BCUT2D eigenvalue weighted by molar-refractivity contribution is 0.102. The van der Waals surface area contributed by atoms with Crippen LogP contribution in [-0.2, 0) is 4.79 Å². The normalized spacial score (nSPS) is 9.53. The zero-order valence-corrected chi connectivity index (χ0v) is 10.5. The van der Waals surface area contributed by atoms with Gasteiger partial charge in [0, 0.05) is 16.3 Å². The van der Waals surface area contributed by atoms with E-state index < -0.39 is 0 Å². The Morgan fingerprint density at radius 3 is 2.58 bits per heavy atom. The van der Waals surface area contributed by atoms with Gasteiger partial charge in [-0.05, 0) is 42.5 Å². The number of nitrogens with one attached hydrogen (secondary N) is 1. The van der Waals surface area contributed by atoms with Crippen molar-refractivity contribution in [1.29, 1.82) is 0 Å².